The summed E-state index contributed by atoms with van der Waals surface area (Å²) in [6, 6.07) is 5.87. The average molecular weight is 257 g/mol. The van der Waals surface area contributed by atoms with Gasteiger partial charge >= 0.3 is 0 Å². The van der Waals surface area contributed by atoms with Gasteiger partial charge in [-0.25, -0.2) is 0 Å². The van der Waals surface area contributed by atoms with Crippen LogP contribution in [0.25, 0.3) is 0 Å². The first-order valence-electron chi connectivity index (χ1n) is 4.79. The number of phenolic OH excluding ortho intramolecular Hbond substituents is 1. The minimum absolute atomic E-state index is 0.187. The summed E-state index contributed by atoms with van der Waals surface area (Å²) in [4.78, 5) is 0. The summed E-state index contributed by atoms with van der Waals surface area (Å²) >= 11 is 3.49. The van der Waals surface area contributed by atoms with E-state index in [9.17, 15) is 5.11 Å². The molecule has 0 aliphatic rings. The van der Waals surface area contributed by atoms with Crippen molar-refractivity contribution < 1.29 is 5.11 Å². The number of hydrogen-bond acceptors (Lipinski definition) is 1. The van der Waals surface area contributed by atoms with Gasteiger partial charge in [0.05, 0.1) is 0 Å². The van der Waals surface area contributed by atoms with E-state index in [0.717, 1.165) is 22.9 Å². The molecule has 0 unspecified atom stereocenters. The van der Waals surface area contributed by atoms with Gasteiger partial charge in [-0.1, -0.05) is 41.9 Å². The van der Waals surface area contributed by atoms with Gasteiger partial charge in [0.15, 0.2) is 0 Å². The monoisotopic (exact) mass is 256 g/mol. The van der Waals surface area contributed by atoms with Crippen LogP contribution in [0.4, 0.5) is 0 Å². The zero-order chi connectivity index (χ0) is 10.8. The van der Waals surface area contributed by atoms with Crippen LogP contribution in [0.2, 0.25) is 0 Å². The summed E-state index contributed by atoms with van der Waals surface area (Å²) in [6.45, 7) is 6.35. The Balaban J connectivity index is 2.87. The van der Waals surface area contributed by atoms with Gasteiger partial charge in [0, 0.05) is 5.33 Å². The second kappa shape index (κ2) is 4.35. The van der Waals surface area contributed by atoms with Crippen LogP contribution in [0.15, 0.2) is 18.2 Å². The molecule has 0 aliphatic heterocycles. The van der Waals surface area contributed by atoms with Crippen molar-refractivity contribution in [3.05, 3.63) is 29.3 Å². The lowest BCUT2D eigenvalue weighted by Gasteiger charge is -2.22. The van der Waals surface area contributed by atoms with Gasteiger partial charge in [-0.3, -0.25) is 0 Å². The lowest BCUT2D eigenvalue weighted by molar-refractivity contribution is 0.405. The molecule has 0 heterocycles. The number of aromatic hydroxyl groups is 1. The maximum absolute atomic E-state index is 9.73. The van der Waals surface area contributed by atoms with Crippen LogP contribution in [-0.4, -0.2) is 10.4 Å². The van der Waals surface area contributed by atoms with Crippen molar-refractivity contribution in [2.24, 2.45) is 5.41 Å². The number of phenols is 1. The third-order valence-electron chi connectivity index (χ3n) is 2.27. The summed E-state index contributed by atoms with van der Waals surface area (Å²) < 4.78 is 0. The summed E-state index contributed by atoms with van der Waals surface area (Å²) in [5.41, 5.74) is 2.31. The first kappa shape index (κ1) is 11.6. The Morgan fingerprint density at radius 3 is 2.50 bits per heavy atom. The van der Waals surface area contributed by atoms with E-state index in [2.05, 4.69) is 29.8 Å². The molecule has 0 saturated carbocycles. The molecule has 14 heavy (non-hydrogen) atoms. The number of rotatable bonds is 3. The molecule has 0 saturated heterocycles. The molecule has 78 valence electrons. The topological polar surface area (TPSA) is 20.2 Å². The maximum Gasteiger partial charge on any atom is 0.119 e. The van der Waals surface area contributed by atoms with Gasteiger partial charge in [0.25, 0.3) is 0 Å². The van der Waals surface area contributed by atoms with Gasteiger partial charge in [-0.2, -0.15) is 0 Å². The normalized spacial score (nSPS) is 11.7. The Hall–Kier alpha value is -0.500. The van der Waals surface area contributed by atoms with E-state index in [0.29, 0.717) is 5.75 Å². The van der Waals surface area contributed by atoms with Crippen LogP contribution in [0.5, 0.6) is 5.75 Å². The molecule has 0 amide bonds. The van der Waals surface area contributed by atoms with Crippen molar-refractivity contribution in [1.82, 2.24) is 0 Å². The molecule has 1 aromatic carbocycles. The van der Waals surface area contributed by atoms with Crippen molar-refractivity contribution in [2.75, 3.05) is 5.33 Å². The Kier molecular flexibility index (Phi) is 3.59. The molecule has 0 fully saturated rings. The summed E-state index contributed by atoms with van der Waals surface area (Å²) in [5.74, 6) is 0.416. The van der Waals surface area contributed by atoms with Crippen molar-refractivity contribution in [3.8, 4) is 5.75 Å². The lowest BCUT2D eigenvalue weighted by Crippen LogP contribution is -2.16. The lowest BCUT2D eigenvalue weighted by atomic mass is 9.87. The Bertz CT molecular complexity index is 318. The van der Waals surface area contributed by atoms with Gasteiger partial charge in [-0.05, 0) is 36.0 Å². The molecule has 0 atom stereocenters. The fourth-order valence-electron chi connectivity index (χ4n) is 1.39. The highest BCUT2D eigenvalue weighted by Gasteiger charge is 2.18. The van der Waals surface area contributed by atoms with E-state index in [-0.39, 0.29) is 5.41 Å². The molecule has 0 bridgehead atoms. The van der Waals surface area contributed by atoms with E-state index < -0.39 is 0 Å². The van der Waals surface area contributed by atoms with Crippen LogP contribution >= 0.6 is 15.9 Å². The quantitative estimate of drug-likeness (QED) is 0.819. The Labute approximate surface area is 94.3 Å². The second-order valence-electron chi connectivity index (χ2n) is 4.61. The van der Waals surface area contributed by atoms with E-state index in [1.54, 1.807) is 0 Å². The SMILES string of the molecule is Cc1ccc(CC(C)(C)CBr)c(O)c1. The number of benzene rings is 1. The fraction of sp³-hybridized carbons (Fsp3) is 0.500. The highest BCUT2D eigenvalue weighted by molar-refractivity contribution is 9.09. The predicted molar refractivity (Wildman–Crippen MR) is 64.1 cm³/mol. The minimum Gasteiger partial charge on any atom is -0.508 e. The van der Waals surface area contributed by atoms with Crippen molar-refractivity contribution in [3.63, 3.8) is 0 Å². The standard InChI is InChI=1S/C12H17BrO/c1-9-4-5-10(11(14)6-9)7-12(2,3)8-13/h4-6,14H,7-8H2,1-3H3. The first-order valence-corrected chi connectivity index (χ1v) is 5.91. The third kappa shape index (κ3) is 3.02. The van der Waals surface area contributed by atoms with Gasteiger partial charge in [0.2, 0.25) is 0 Å². The average Bonchev–Trinajstić information content (AvgIpc) is 2.10. The van der Waals surface area contributed by atoms with Gasteiger partial charge < -0.3 is 5.11 Å². The molecule has 1 rings (SSSR count). The number of hydrogen-bond donors (Lipinski definition) is 1. The van der Waals surface area contributed by atoms with Crippen molar-refractivity contribution >= 4 is 15.9 Å². The van der Waals surface area contributed by atoms with E-state index in [4.69, 9.17) is 0 Å². The van der Waals surface area contributed by atoms with Gasteiger partial charge in [0.1, 0.15) is 5.75 Å². The summed E-state index contributed by atoms with van der Waals surface area (Å²) in [5, 5.41) is 10.7. The van der Waals surface area contributed by atoms with Crippen LogP contribution < -0.4 is 0 Å². The molecule has 0 aromatic heterocycles. The number of alkyl halides is 1. The summed E-state index contributed by atoms with van der Waals surface area (Å²) in [7, 11) is 0. The van der Waals surface area contributed by atoms with Gasteiger partial charge in [-0.15, -0.1) is 0 Å². The smallest absolute Gasteiger partial charge is 0.119 e. The molecule has 1 nitrogen and oxygen atoms in total. The largest absolute Gasteiger partial charge is 0.508 e. The van der Waals surface area contributed by atoms with E-state index >= 15 is 0 Å². The number of halogens is 1. The van der Waals surface area contributed by atoms with Crippen LogP contribution in [0.3, 0.4) is 0 Å². The Morgan fingerprint density at radius 2 is 2.00 bits per heavy atom. The molecule has 0 spiro atoms. The molecule has 1 aromatic rings. The van der Waals surface area contributed by atoms with Crippen molar-refractivity contribution in [1.29, 1.82) is 0 Å². The van der Waals surface area contributed by atoms with E-state index in [1.807, 2.05) is 25.1 Å². The zero-order valence-corrected chi connectivity index (χ0v) is 10.6. The zero-order valence-electron chi connectivity index (χ0n) is 8.97. The molecular weight excluding hydrogens is 240 g/mol. The first-order chi connectivity index (χ1) is 6.44. The minimum atomic E-state index is 0.187. The Morgan fingerprint density at radius 1 is 1.36 bits per heavy atom. The fourth-order valence-corrected chi connectivity index (χ4v) is 1.58. The third-order valence-corrected chi connectivity index (χ3v) is 3.79. The highest BCUT2D eigenvalue weighted by Crippen LogP contribution is 2.29. The molecule has 1 N–H and O–H groups in total. The molecule has 2 heteroatoms. The predicted octanol–water partition coefficient (Wildman–Crippen LogP) is 3.66. The van der Waals surface area contributed by atoms with Crippen molar-refractivity contribution in [2.45, 2.75) is 27.2 Å². The van der Waals surface area contributed by atoms with Crippen LogP contribution in [0.1, 0.15) is 25.0 Å². The number of aryl methyl sites for hydroxylation is 1. The molecular formula is C12H17BrO. The second-order valence-corrected chi connectivity index (χ2v) is 5.17. The van der Waals surface area contributed by atoms with Crippen LogP contribution in [-0.2, 0) is 6.42 Å². The van der Waals surface area contributed by atoms with Crippen LogP contribution in [0, 0.1) is 12.3 Å². The molecule has 0 radical (unpaired) electrons. The van der Waals surface area contributed by atoms with E-state index in [1.165, 1.54) is 0 Å². The summed E-state index contributed by atoms with van der Waals surface area (Å²) in [6.07, 6.45) is 0.893. The highest BCUT2D eigenvalue weighted by atomic mass is 79.9. The molecule has 0 aliphatic carbocycles. The maximum atomic E-state index is 9.73.